The fraction of sp³-hybridized carbons (Fsp3) is 0.429. The van der Waals surface area contributed by atoms with Crippen molar-refractivity contribution in [1.82, 2.24) is 14.9 Å². The maximum Gasteiger partial charge on any atom is 0.260 e. The van der Waals surface area contributed by atoms with Crippen molar-refractivity contribution in [3.63, 3.8) is 0 Å². The highest BCUT2D eigenvalue weighted by atomic mass is 16.5. The van der Waals surface area contributed by atoms with Crippen LogP contribution in [0, 0.1) is 13.8 Å². The number of aromatic nitrogens is 2. The largest absolute Gasteiger partial charge is 0.484 e. The van der Waals surface area contributed by atoms with E-state index in [1.807, 2.05) is 49.1 Å². The van der Waals surface area contributed by atoms with Crippen molar-refractivity contribution in [2.45, 2.75) is 39.0 Å². The first-order valence-corrected chi connectivity index (χ1v) is 9.52. The monoisotopic (exact) mass is 382 g/mol. The fourth-order valence-electron chi connectivity index (χ4n) is 3.55. The molecular formula is C21H26N4O3. The van der Waals surface area contributed by atoms with Crippen molar-refractivity contribution in [3.05, 3.63) is 53.1 Å². The van der Waals surface area contributed by atoms with Crippen molar-refractivity contribution >= 4 is 11.8 Å². The van der Waals surface area contributed by atoms with Gasteiger partial charge in [-0.3, -0.25) is 9.59 Å². The molecule has 0 unspecified atom stereocenters. The zero-order valence-electron chi connectivity index (χ0n) is 16.4. The molecule has 2 amide bonds. The second-order valence-electron chi connectivity index (χ2n) is 7.15. The molecule has 0 aliphatic carbocycles. The van der Waals surface area contributed by atoms with Gasteiger partial charge in [-0.05, 0) is 38.8 Å². The molecular weight excluding hydrogens is 356 g/mol. The summed E-state index contributed by atoms with van der Waals surface area (Å²) in [4.78, 5) is 34.9. The lowest BCUT2D eigenvalue weighted by atomic mass is 9.96. The molecule has 2 heterocycles. The van der Waals surface area contributed by atoms with Crippen LogP contribution >= 0.6 is 0 Å². The quantitative estimate of drug-likeness (QED) is 0.823. The number of benzene rings is 1. The Balaban J connectivity index is 1.66. The molecule has 0 spiro atoms. The SMILES string of the molecule is Cc1nc([C@@H]2CCCN(C(=O)COc3ccccc3)C2)nc(C)c1CC(N)=O. The Morgan fingerprint density at radius 3 is 2.50 bits per heavy atom. The minimum atomic E-state index is -0.393. The number of primary amides is 1. The van der Waals surface area contributed by atoms with Gasteiger partial charge in [-0.15, -0.1) is 0 Å². The number of hydrogen-bond donors (Lipinski definition) is 1. The summed E-state index contributed by atoms with van der Waals surface area (Å²) in [5.41, 5.74) is 7.65. The van der Waals surface area contributed by atoms with Crippen molar-refractivity contribution in [2.24, 2.45) is 5.73 Å². The highest BCUT2D eigenvalue weighted by molar-refractivity contribution is 5.78. The van der Waals surface area contributed by atoms with Gasteiger partial charge >= 0.3 is 0 Å². The molecule has 3 rings (SSSR count). The Hall–Kier alpha value is -2.96. The average molecular weight is 382 g/mol. The van der Waals surface area contributed by atoms with Crippen molar-refractivity contribution < 1.29 is 14.3 Å². The van der Waals surface area contributed by atoms with E-state index in [4.69, 9.17) is 10.5 Å². The number of hydrogen-bond acceptors (Lipinski definition) is 5. The number of carbonyl (C=O) groups is 2. The number of nitrogens with two attached hydrogens (primary N) is 1. The van der Waals surface area contributed by atoms with Crippen LogP contribution in [0.2, 0.25) is 0 Å². The predicted molar refractivity (Wildman–Crippen MR) is 105 cm³/mol. The number of para-hydroxylation sites is 1. The van der Waals surface area contributed by atoms with E-state index in [0.29, 0.717) is 18.8 Å². The molecule has 7 nitrogen and oxygen atoms in total. The van der Waals surface area contributed by atoms with Gasteiger partial charge < -0.3 is 15.4 Å². The number of amides is 2. The van der Waals surface area contributed by atoms with Gasteiger partial charge in [-0.1, -0.05) is 18.2 Å². The average Bonchev–Trinajstić information content (AvgIpc) is 2.69. The first kappa shape index (κ1) is 19.8. The molecule has 1 aliphatic heterocycles. The molecule has 2 aromatic rings. The van der Waals surface area contributed by atoms with Gasteiger partial charge in [-0.2, -0.15) is 0 Å². The second-order valence-corrected chi connectivity index (χ2v) is 7.15. The van der Waals surface area contributed by atoms with E-state index in [0.717, 1.165) is 35.6 Å². The van der Waals surface area contributed by atoms with Crippen molar-refractivity contribution in [1.29, 1.82) is 0 Å². The van der Waals surface area contributed by atoms with Gasteiger partial charge in [0, 0.05) is 36.0 Å². The summed E-state index contributed by atoms with van der Waals surface area (Å²) in [6.07, 6.45) is 1.97. The van der Waals surface area contributed by atoms with Gasteiger partial charge in [0.05, 0.1) is 6.42 Å². The first-order chi connectivity index (χ1) is 13.4. The van der Waals surface area contributed by atoms with Crippen molar-refractivity contribution in [2.75, 3.05) is 19.7 Å². The van der Waals surface area contributed by atoms with Gasteiger partial charge in [0.15, 0.2) is 6.61 Å². The Morgan fingerprint density at radius 1 is 1.18 bits per heavy atom. The number of aryl methyl sites for hydroxylation is 2. The summed E-state index contributed by atoms with van der Waals surface area (Å²) in [7, 11) is 0. The maximum absolute atomic E-state index is 12.6. The van der Waals surface area contributed by atoms with Gasteiger partial charge in [0.1, 0.15) is 11.6 Å². The van der Waals surface area contributed by atoms with Crippen LogP contribution in [0.5, 0.6) is 5.75 Å². The molecule has 1 saturated heterocycles. The summed E-state index contributed by atoms with van der Waals surface area (Å²) in [5.74, 6) is 1.06. The molecule has 0 radical (unpaired) electrons. The molecule has 1 aliphatic rings. The minimum Gasteiger partial charge on any atom is -0.484 e. The number of rotatable bonds is 6. The molecule has 0 saturated carbocycles. The number of carbonyl (C=O) groups excluding carboxylic acids is 2. The number of ether oxygens (including phenoxy) is 1. The summed E-state index contributed by atoms with van der Waals surface area (Å²) in [5, 5.41) is 0. The number of piperidine rings is 1. The lowest BCUT2D eigenvalue weighted by Gasteiger charge is -2.32. The second kappa shape index (κ2) is 8.82. The zero-order chi connectivity index (χ0) is 20.1. The van der Waals surface area contributed by atoms with Crippen LogP contribution in [0.25, 0.3) is 0 Å². The summed E-state index contributed by atoms with van der Waals surface area (Å²) >= 11 is 0. The maximum atomic E-state index is 12.6. The predicted octanol–water partition coefficient (Wildman–Crippen LogP) is 1.91. The van der Waals surface area contributed by atoms with Crippen LogP contribution in [0.4, 0.5) is 0 Å². The molecule has 0 bridgehead atoms. The molecule has 28 heavy (non-hydrogen) atoms. The molecule has 7 heteroatoms. The Kier molecular flexibility index (Phi) is 6.23. The van der Waals surface area contributed by atoms with E-state index in [-0.39, 0.29) is 24.9 Å². The van der Waals surface area contributed by atoms with E-state index in [1.54, 1.807) is 0 Å². The Morgan fingerprint density at radius 2 is 1.86 bits per heavy atom. The van der Waals surface area contributed by atoms with Gasteiger partial charge in [0.25, 0.3) is 5.91 Å². The summed E-state index contributed by atoms with van der Waals surface area (Å²) < 4.78 is 5.59. The van der Waals surface area contributed by atoms with E-state index >= 15 is 0 Å². The molecule has 1 fully saturated rings. The van der Waals surface area contributed by atoms with E-state index in [1.165, 1.54) is 0 Å². The first-order valence-electron chi connectivity index (χ1n) is 9.52. The normalized spacial score (nSPS) is 16.6. The standard InChI is InChI=1S/C21H26N4O3/c1-14-18(11-19(22)26)15(2)24-21(23-14)16-7-6-10-25(12-16)20(27)13-28-17-8-4-3-5-9-17/h3-5,8-9,16H,6-7,10-13H2,1-2H3,(H2,22,26)/t16-/m1/s1. The van der Waals surface area contributed by atoms with Gasteiger partial charge in [0.2, 0.25) is 5.91 Å². The van der Waals surface area contributed by atoms with Crippen LogP contribution in [0.15, 0.2) is 30.3 Å². The van der Waals surface area contributed by atoms with E-state index < -0.39 is 5.91 Å². The molecule has 1 atom stereocenters. The van der Waals surface area contributed by atoms with Gasteiger partial charge in [-0.25, -0.2) is 9.97 Å². The van der Waals surface area contributed by atoms with Crippen LogP contribution in [-0.4, -0.2) is 46.4 Å². The summed E-state index contributed by atoms with van der Waals surface area (Å²) in [6, 6.07) is 9.32. The van der Waals surface area contributed by atoms with Crippen molar-refractivity contribution in [3.8, 4) is 5.75 Å². The third-order valence-corrected chi connectivity index (χ3v) is 5.03. The minimum absolute atomic E-state index is 0.0210. The summed E-state index contributed by atoms with van der Waals surface area (Å²) in [6.45, 7) is 5.05. The number of nitrogens with zero attached hydrogens (tertiary/aromatic N) is 3. The lowest BCUT2D eigenvalue weighted by molar-refractivity contribution is -0.134. The molecule has 2 N–H and O–H groups in total. The third-order valence-electron chi connectivity index (χ3n) is 5.03. The molecule has 1 aromatic carbocycles. The Labute approximate surface area is 164 Å². The molecule has 148 valence electrons. The topological polar surface area (TPSA) is 98.4 Å². The van der Waals surface area contributed by atoms with Crippen LogP contribution < -0.4 is 10.5 Å². The smallest absolute Gasteiger partial charge is 0.260 e. The highest BCUT2D eigenvalue weighted by Crippen LogP contribution is 2.26. The fourth-order valence-corrected chi connectivity index (χ4v) is 3.55. The Bertz CT molecular complexity index is 831. The zero-order valence-corrected chi connectivity index (χ0v) is 16.4. The lowest BCUT2D eigenvalue weighted by Crippen LogP contribution is -2.42. The molecule has 1 aromatic heterocycles. The van der Waals surface area contributed by atoms with E-state index in [9.17, 15) is 9.59 Å². The van der Waals surface area contributed by atoms with Crippen LogP contribution in [0.3, 0.4) is 0 Å². The van der Waals surface area contributed by atoms with E-state index in [2.05, 4.69) is 9.97 Å². The highest BCUT2D eigenvalue weighted by Gasteiger charge is 2.27. The van der Waals surface area contributed by atoms with Crippen LogP contribution in [-0.2, 0) is 16.0 Å². The third kappa shape index (κ3) is 4.85. The number of likely N-dealkylation sites (tertiary alicyclic amines) is 1. The van der Waals surface area contributed by atoms with Crippen LogP contribution in [0.1, 0.15) is 41.5 Å².